The number of fused-ring (bicyclic) bond motifs is 1. The Kier molecular flexibility index (Phi) is 3.58. The fourth-order valence-corrected chi connectivity index (χ4v) is 3.06. The maximum atomic E-state index is 6.24. The summed E-state index contributed by atoms with van der Waals surface area (Å²) in [5.41, 5.74) is 6.33. The molecule has 2 nitrogen and oxygen atoms in total. The van der Waals surface area contributed by atoms with Gasteiger partial charge < -0.3 is 10.2 Å². The number of likely N-dealkylation sites (N-methyl/N-ethyl adjacent to an activating group) is 1. The number of halogens is 1. The van der Waals surface area contributed by atoms with Gasteiger partial charge in [-0.2, -0.15) is 0 Å². The highest BCUT2D eigenvalue weighted by Crippen LogP contribution is 2.29. The van der Waals surface area contributed by atoms with Gasteiger partial charge in [0.05, 0.1) is 10.7 Å². The second-order valence-electron chi connectivity index (χ2n) is 5.42. The van der Waals surface area contributed by atoms with E-state index in [-0.39, 0.29) is 0 Å². The van der Waals surface area contributed by atoms with Crippen molar-refractivity contribution in [1.29, 1.82) is 0 Å². The van der Waals surface area contributed by atoms with E-state index >= 15 is 0 Å². The first-order valence-electron chi connectivity index (χ1n) is 6.97. The van der Waals surface area contributed by atoms with Gasteiger partial charge in [0.1, 0.15) is 0 Å². The van der Waals surface area contributed by atoms with Crippen molar-refractivity contribution in [2.75, 3.05) is 23.8 Å². The quantitative estimate of drug-likeness (QED) is 0.907. The Balaban J connectivity index is 1.76. The molecule has 3 heteroatoms. The smallest absolute Gasteiger partial charge is 0.0640 e. The molecular weight excluding hydrogens is 268 g/mol. The molecule has 0 aliphatic carbocycles. The monoisotopic (exact) mass is 286 g/mol. The lowest BCUT2D eigenvalue weighted by molar-refractivity contribution is 0.955. The fourth-order valence-electron chi connectivity index (χ4n) is 2.78. The summed E-state index contributed by atoms with van der Waals surface area (Å²) < 4.78 is 0. The zero-order chi connectivity index (χ0) is 14.1. The first-order chi connectivity index (χ1) is 9.65. The number of aryl methyl sites for hydroxylation is 1. The Morgan fingerprint density at radius 1 is 1.25 bits per heavy atom. The Morgan fingerprint density at radius 3 is 2.90 bits per heavy atom. The maximum Gasteiger partial charge on any atom is 0.0640 e. The van der Waals surface area contributed by atoms with Crippen molar-refractivity contribution in [3.8, 4) is 0 Å². The van der Waals surface area contributed by atoms with Crippen LogP contribution in [0.4, 0.5) is 11.4 Å². The molecule has 0 amide bonds. The fraction of sp³-hybridized carbons (Fsp3) is 0.294. The van der Waals surface area contributed by atoms with E-state index in [2.05, 4.69) is 48.5 Å². The summed E-state index contributed by atoms with van der Waals surface area (Å²) in [6.07, 6.45) is 1.14. The summed E-state index contributed by atoms with van der Waals surface area (Å²) in [6, 6.07) is 12.7. The molecule has 0 spiro atoms. The predicted octanol–water partition coefficient (Wildman–Crippen LogP) is 4.25. The van der Waals surface area contributed by atoms with E-state index in [0.29, 0.717) is 0 Å². The first-order valence-corrected chi connectivity index (χ1v) is 7.35. The average molecular weight is 287 g/mol. The number of anilines is 2. The van der Waals surface area contributed by atoms with E-state index in [1.54, 1.807) is 0 Å². The average Bonchev–Trinajstić information content (AvgIpc) is 2.79. The van der Waals surface area contributed by atoms with Gasteiger partial charge in [-0.05, 0) is 42.2 Å². The molecule has 0 fully saturated rings. The van der Waals surface area contributed by atoms with Gasteiger partial charge in [-0.1, -0.05) is 35.9 Å². The number of hydrogen-bond acceptors (Lipinski definition) is 2. The van der Waals surface area contributed by atoms with E-state index in [4.69, 9.17) is 11.6 Å². The zero-order valence-corrected chi connectivity index (χ0v) is 12.7. The molecule has 0 saturated heterocycles. The topological polar surface area (TPSA) is 15.3 Å². The standard InChI is InChI=1S/C17H19ClN2/c1-12-4-3-5-15(18)17(12)19-11-13-6-7-16-14(10-13)8-9-20(16)2/h3-7,10,19H,8-9,11H2,1-2H3. The summed E-state index contributed by atoms with van der Waals surface area (Å²) >= 11 is 6.24. The molecule has 0 radical (unpaired) electrons. The van der Waals surface area contributed by atoms with Crippen LogP contribution < -0.4 is 10.2 Å². The molecule has 0 aromatic heterocycles. The highest BCUT2D eigenvalue weighted by Gasteiger charge is 2.15. The molecule has 2 aromatic rings. The summed E-state index contributed by atoms with van der Waals surface area (Å²) in [5, 5.41) is 4.24. The van der Waals surface area contributed by atoms with Gasteiger partial charge >= 0.3 is 0 Å². The Hall–Kier alpha value is -1.67. The molecule has 0 atom stereocenters. The molecule has 2 aromatic carbocycles. The summed E-state index contributed by atoms with van der Waals surface area (Å²) in [6.45, 7) is 4.00. The van der Waals surface area contributed by atoms with Crippen molar-refractivity contribution < 1.29 is 0 Å². The third-order valence-electron chi connectivity index (χ3n) is 3.96. The normalized spacial score (nSPS) is 13.4. The zero-order valence-electron chi connectivity index (χ0n) is 11.9. The highest BCUT2D eigenvalue weighted by molar-refractivity contribution is 6.33. The van der Waals surface area contributed by atoms with E-state index in [0.717, 1.165) is 30.2 Å². The number of benzene rings is 2. The van der Waals surface area contributed by atoms with Gasteiger partial charge in [-0.25, -0.2) is 0 Å². The molecule has 0 unspecified atom stereocenters. The SMILES string of the molecule is Cc1cccc(Cl)c1NCc1ccc2c(c1)CCN2C. The van der Waals surface area contributed by atoms with Crippen LogP contribution in [0.1, 0.15) is 16.7 Å². The molecule has 0 bridgehead atoms. The molecule has 3 rings (SSSR count). The van der Waals surface area contributed by atoms with Gasteiger partial charge in [-0.15, -0.1) is 0 Å². The van der Waals surface area contributed by atoms with Crippen LogP contribution in [0.2, 0.25) is 5.02 Å². The minimum Gasteiger partial charge on any atom is -0.380 e. The first kappa shape index (κ1) is 13.3. The summed E-state index contributed by atoms with van der Waals surface area (Å²) in [5.74, 6) is 0. The Labute approximate surface area is 125 Å². The van der Waals surface area contributed by atoms with Crippen LogP contribution in [-0.2, 0) is 13.0 Å². The third-order valence-corrected chi connectivity index (χ3v) is 4.28. The lowest BCUT2D eigenvalue weighted by Gasteiger charge is -2.14. The summed E-state index contributed by atoms with van der Waals surface area (Å²) in [4.78, 5) is 2.31. The molecule has 1 heterocycles. The van der Waals surface area contributed by atoms with E-state index in [1.807, 2.05) is 12.1 Å². The minimum absolute atomic E-state index is 0.783. The van der Waals surface area contributed by atoms with Crippen molar-refractivity contribution >= 4 is 23.0 Å². The number of rotatable bonds is 3. The maximum absolute atomic E-state index is 6.24. The minimum atomic E-state index is 0.783. The number of nitrogens with zero attached hydrogens (tertiary/aromatic N) is 1. The number of para-hydroxylation sites is 1. The molecule has 104 valence electrons. The second-order valence-corrected chi connectivity index (χ2v) is 5.83. The van der Waals surface area contributed by atoms with E-state index < -0.39 is 0 Å². The molecule has 0 saturated carbocycles. The van der Waals surface area contributed by atoms with Crippen molar-refractivity contribution in [2.45, 2.75) is 19.9 Å². The summed E-state index contributed by atoms with van der Waals surface area (Å²) in [7, 11) is 2.15. The third kappa shape index (κ3) is 2.48. The lowest BCUT2D eigenvalue weighted by atomic mass is 10.1. The molecular formula is C17H19ClN2. The number of nitrogens with one attached hydrogen (secondary N) is 1. The van der Waals surface area contributed by atoms with Crippen LogP contribution in [0.15, 0.2) is 36.4 Å². The second kappa shape index (κ2) is 5.37. The van der Waals surface area contributed by atoms with Crippen LogP contribution >= 0.6 is 11.6 Å². The largest absolute Gasteiger partial charge is 0.380 e. The van der Waals surface area contributed by atoms with Crippen molar-refractivity contribution in [1.82, 2.24) is 0 Å². The van der Waals surface area contributed by atoms with Crippen LogP contribution in [0.25, 0.3) is 0 Å². The van der Waals surface area contributed by atoms with Gasteiger partial charge in [0, 0.05) is 25.8 Å². The number of hydrogen-bond donors (Lipinski definition) is 1. The van der Waals surface area contributed by atoms with Crippen molar-refractivity contribution in [3.05, 3.63) is 58.1 Å². The Bertz CT molecular complexity index is 617. The Morgan fingerprint density at radius 2 is 2.10 bits per heavy atom. The van der Waals surface area contributed by atoms with Gasteiger partial charge in [0.15, 0.2) is 0 Å². The molecule has 1 aliphatic rings. The van der Waals surface area contributed by atoms with E-state index in [9.17, 15) is 0 Å². The van der Waals surface area contributed by atoms with Crippen LogP contribution in [0.3, 0.4) is 0 Å². The van der Waals surface area contributed by atoms with Crippen LogP contribution in [-0.4, -0.2) is 13.6 Å². The van der Waals surface area contributed by atoms with Crippen LogP contribution in [0, 0.1) is 6.92 Å². The lowest BCUT2D eigenvalue weighted by Crippen LogP contribution is -2.12. The highest BCUT2D eigenvalue weighted by atomic mass is 35.5. The van der Waals surface area contributed by atoms with E-state index in [1.165, 1.54) is 22.4 Å². The van der Waals surface area contributed by atoms with Crippen molar-refractivity contribution in [3.63, 3.8) is 0 Å². The molecule has 20 heavy (non-hydrogen) atoms. The molecule has 1 N–H and O–H groups in total. The van der Waals surface area contributed by atoms with Gasteiger partial charge in [-0.3, -0.25) is 0 Å². The van der Waals surface area contributed by atoms with Gasteiger partial charge in [0.2, 0.25) is 0 Å². The van der Waals surface area contributed by atoms with Crippen molar-refractivity contribution in [2.24, 2.45) is 0 Å². The van der Waals surface area contributed by atoms with Crippen LogP contribution in [0.5, 0.6) is 0 Å². The molecule has 1 aliphatic heterocycles. The predicted molar refractivity (Wildman–Crippen MR) is 86.9 cm³/mol. The van der Waals surface area contributed by atoms with Gasteiger partial charge in [0.25, 0.3) is 0 Å².